The molecule has 0 amide bonds. The maximum atomic E-state index is 5.46. The highest BCUT2D eigenvalue weighted by atomic mass is 16.5. The third-order valence-corrected chi connectivity index (χ3v) is 4.68. The number of rotatable bonds is 3. The summed E-state index contributed by atoms with van der Waals surface area (Å²) in [6.07, 6.45) is 0. The molecule has 2 aromatic carbocycles. The molecule has 0 radical (unpaired) electrons. The molecule has 1 saturated heterocycles. The number of para-hydroxylation sites is 2. The molecule has 3 heteroatoms. The normalized spacial score (nSPS) is 18.0. The van der Waals surface area contributed by atoms with E-state index in [1.54, 1.807) is 0 Å². The lowest BCUT2D eigenvalue weighted by molar-refractivity contribution is 0.0330. The number of morpholine rings is 1. The topological polar surface area (TPSA) is 17.4 Å². The summed E-state index contributed by atoms with van der Waals surface area (Å²) in [6.45, 7) is 7.21. The summed E-state index contributed by atoms with van der Waals surface area (Å²) in [6, 6.07) is 17.9. The molecule has 0 bridgehead atoms. The minimum absolute atomic E-state index is 0.447. The minimum Gasteiger partial charge on any atom is -0.379 e. The van der Waals surface area contributed by atoms with Crippen molar-refractivity contribution in [2.45, 2.75) is 13.0 Å². The van der Waals surface area contributed by atoms with E-state index in [0.717, 1.165) is 32.8 Å². The van der Waals surface area contributed by atoms with Gasteiger partial charge in [-0.05, 0) is 19.1 Å². The van der Waals surface area contributed by atoms with Crippen molar-refractivity contribution in [3.63, 3.8) is 0 Å². The van der Waals surface area contributed by atoms with Gasteiger partial charge in [-0.3, -0.25) is 4.90 Å². The second-order valence-corrected chi connectivity index (χ2v) is 6.17. The van der Waals surface area contributed by atoms with Gasteiger partial charge >= 0.3 is 0 Å². The van der Waals surface area contributed by atoms with Gasteiger partial charge in [0.15, 0.2) is 0 Å². The lowest BCUT2D eigenvalue weighted by atomic mass is 10.2. The smallest absolute Gasteiger partial charge is 0.0594 e. The molecule has 1 atom stereocenters. The van der Waals surface area contributed by atoms with Gasteiger partial charge in [0, 0.05) is 47.5 Å². The zero-order valence-corrected chi connectivity index (χ0v) is 13.0. The molecule has 22 heavy (non-hydrogen) atoms. The highest BCUT2D eigenvalue weighted by Gasteiger charge is 2.18. The minimum atomic E-state index is 0.447. The fourth-order valence-corrected chi connectivity index (χ4v) is 3.67. The quantitative estimate of drug-likeness (QED) is 0.733. The van der Waals surface area contributed by atoms with Crippen molar-refractivity contribution in [1.29, 1.82) is 0 Å². The molecule has 0 saturated carbocycles. The van der Waals surface area contributed by atoms with Crippen LogP contribution in [0.1, 0.15) is 13.0 Å². The molecule has 0 spiro atoms. The summed E-state index contributed by atoms with van der Waals surface area (Å²) in [5.74, 6) is 0. The van der Waals surface area contributed by atoms with Crippen molar-refractivity contribution >= 4 is 21.8 Å². The average molecular weight is 294 g/mol. The van der Waals surface area contributed by atoms with Crippen LogP contribution in [0.5, 0.6) is 0 Å². The fraction of sp³-hybridized carbons (Fsp3) is 0.368. The Morgan fingerprint density at radius 2 is 1.45 bits per heavy atom. The van der Waals surface area contributed by atoms with Crippen molar-refractivity contribution in [2.24, 2.45) is 0 Å². The van der Waals surface area contributed by atoms with E-state index >= 15 is 0 Å². The Bertz CT molecular complexity index is 733. The first-order valence-electron chi connectivity index (χ1n) is 8.12. The largest absolute Gasteiger partial charge is 0.379 e. The van der Waals surface area contributed by atoms with Crippen molar-refractivity contribution < 1.29 is 4.74 Å². The van der Waals surface area contributed by atoms with E-state index in [0.29, 0.717) is 6.04 Å². The summed E-state index contributed by atoms with van der Waals surface area (Å²) in [4.78, 5) is 2.51. The molecule has 1 aliphatic heterocycles. The Morgan fingerprint density at radius 3 is 2.05 bits per heavy atom. The lowest BCUT2D eigenvalue weighted by Crippen LogP contribution is -2.39. The molecule has 4 rings (SSSR count). The van der Waals surface area contributed by atoms with E-state index in [2.05, 4.69) is 64.9 Å². The number of hydrogen-bond acceptors (Lipinski definition) is 2. The first kappa shape index (κ1) is 13.8. The highest BCUT2D eigenvalue weighted by molar-refractivity contribution is 6.08. The molecule has 2 heterocycles. The summed E-state index contributed by atoms with van der Waals surface area (Å²) in [5, 5.41) is 2.71. The van der Waals surface area contributed by atoms with Crippen molar-refractivity contribution in [1.82, 2.24) is 9.47 Å². The SMILES string of the molecule is CC(CN1CCOCC1)n1c2ccccc2c2ccccc21. The van der Waals surface area contributed by atoms with Crippen LogP contribution in [-0.4, -0.2) is 42.3 Å². The van der Waals surface area contributed by atoms with Crippen molar-refractivity contribution in [2.75, 3.05) is 32.8 Å². The Balaban J connectivity index is 1.78. The van der Waals surface area contributed by atoms with Crippen LogP contribution in [-0.2, 0) is 4.74 Å². The molecule has 1 fully saturated rings. The van der Waals surface area contributed by atoms with Crippen LogP contribution in [0.15, 0.2) is 48.5 Å². The van der Waals surface area contributed by atoms with Gasteiger partial charge in [0.2, 0.25) is 0 Å². The van der Waals surface area contributed by atoms with E-state index in [-0.39, 0.29) is 0 Å². The molecular formula is C19H22N2O. The predicted octanol–water partition coefficient (Wildman–Crippen LogP) is 3.69. The van der Waals surface area contributed by atoms with Crippen LogP contribution < -0.4 is 0 Å². The van der Waals surface area contributed by atoms with E-state index in [1.165, 1.54) is 21.8 Å². The molecule has 0 N–H and O–H groups in total. The molecule has 1 unspecified atom stereocenters. The van der Waals surface area contributed by atoms with Gasteiger partial charge in [0.1, 0.15) is 0 Å². The Kier molecular flexibility index (Phi) is 3.60. The van der Waals surface area contributed by atoms with E-state index < -0.39 is 0 Å². The van der Waals surface area contributed by atoms with Gasteiger partial charge in [0.05, 0.1) is 13.2 Å². The second kappa shape index (κ2) is 5.75. The fourth-order valence-electron chi connectivity index (χ4n) is 3.67. The first-order valence-corrected chi connectivity index (χ1v) is 8.12. The number of ether oxygens (including phenoxy) is 1. The number of fused-ring (bicyclic) bond motifs is 3. The maximum Gasteiger partial charge on any atom is 0.0594 e. The number of aromatic nitrogens is 1. The average Bonchev–Trinajstić information content (AvgIpc) is 2.90. The third-order valence-electron chi connectivity index (χ3n) is 4.68. The second-order valence-electron chi connectivity index (χ2n) is 6.17. The Hall–Kier alpha value is -1.84. The number of benzene rings is 2. The van der Waals surface area contributed by atoms with Gasteiger partial charge < -0.3 is 9.30 Å². The van der Waals surface area contributed by atoms with E-state index in [1.807, 2.05) is 0 Å². The molecule has 1 aliphatic rings. The van der Waals surface area contributed by atoms with Gasteiger partial charge in [-0.15, -0.1) is 0 Å². The molecule has 1 aromatic heterocycles. The van der Waals surface area contributed by atoms with Crippen LogP contribution in [0.4, 0.5) is 0 Å². The first-order chi connectivity index (χ1) is 10.8. The highest BCUT2D eigenvalue weighted by Crippen LogP contribution is 2.31. The molecular weight excluding hydrogens is 272 g/mol. The van der Waals surface area contributed by atoms with Gasteiger partial charge in [-0.1, -0.05) is 36.4 Å². The molecule has 114 valence electrons. The van der Waals surface area contributed by atoms with Crippen LogP contribution in [0.2, 0.25) is 0 Å². The Labute approximate surface area is 131 Å². The van der Waals surface area contributed by atoms with Crippen molar-refractivity contribution in [3.8, 4) is 0 Å². The summed E-state index contributed by atoms with van der Waals surface area (Å²) < 4.78 is 7.96. The zero-order chi connectivity index (χ0) is 14.9. The van der Waals surface area contributed by atoms with E-state index in [4.69, 9.17) is 4.74 Å². The van der Waals surface area contributed by atoms with Crippen molar-refractivity contribution in [3.05, 3.63) is 48.5 Å². The molecule has 3 aromatic rings. The predicted molar refractivity (Wildman–Crippen MR) is 91.4 cm³/mol. The summed E-state index contributed by atoms with van der Waals surface area (Å²) >= 11 is 0. The maximum absolute atomic E-state index is 5.46. The number of hydrogen-bond donors (Lipinski definition) is 0. The standard InChI is InChI=1S/C19H22N2O/c1-15(14-20-10-12-22-13-11-20)21-18-8-4-2-6-16(18)17-7-3-5-9-19(17)21/h2-9,15H,10-14H2,1H3. The Morgan fingerprint density at radius 1 is 0.909 bits per heavy atom. The van der Waals surface area contributed by atoms with Gasteiger partial charge in [-0.2, -0.15) is 0 Å². The van der Waals surface area contributed by atoms with E-state index in [9.17, 15) is 0 Å². The van der Waals surface area contributed by atoms with Gasteiger partial charge in [0.25, 0.3) is 0 Å². The van der Waals surface area contributed by atoms with Crippen LogP contribution in [0.25, 0.3) is 21.8 Å². The lowest BCUT2D eigenvalue weighted by Gasteiger charge is -2.30. The molecule has 0 aliphatic carbocycles. The zero-order valence-electron chi connectivity index (χ0n) is 13.0. The van der Waals surface area contributed by atoms with Crippen LogP contribution in [0.3, 0.4) is 0 Å². The summed E-state index contributed by atoms with van der Waals surface area (Å²) in [5.41, 5.74) is 2.67. The third kappa shape index (κ3) is 2.31. The number of nitrogens with zero attached hydrogens (tertiary/aromatic N) is 2. The van der Waals surface area contributed by atoms with Gasteiger partial charge in [-0.25, -0.2) is 0 Å². The summed E-state index contributed by atoms with van der Waals surface area (Å²) in [7, 11) is 0. The molecule has 3 nitrogen and oxygen atoms in total. The van der Waals surface area contributed by atoms with Crippen LogP contribution >= 0.6 is 0 Å². The monoisotopic (exact) mass is 294 g/mol. The van der Waals surface area contributed by atoms with Crippen LogP contribution in [0, 0.1) is 0 Å².